The van der Waals surface area contributed by atoms with Gasteiger partial charge in [0.05, 0.1) is 6.10 Å². The Kier molecular flexibility index (Phi) is 4.30. The molecule has 0 aromatic heterocycles. The van der Waals surface area contributed by atoms with Gasteiger partial charge < -0.3 is 20.4 Å². The average Bonchev–Trinajstić information content (AvgIpc) is 2.86. The summed E-state index contributed by atoms with van der Waals surface area (Å²) in [6.07, 6.45) is 3.04. The van der Waals surface area contributed by atoms with Crippen LogP contribution >= 0.6 is 0 Å². The number of aliphatic hydroxyl groups excluding tert-OH is 2. The highest BCUT2D eigenvalue weighted by atomic mass is 16.4. The first kappa shape index (κ1) is 19.3. The molecule has 0 spiro atoms. The van der Waals surface area contributed by atoms with Crippen LogP contribution < -0.4 is 0 Å². The number of aliphatic carboxylic acids is 1. The van der Waals surface area contributed by atoms with Crippen molar-refractivity contribution in [3.63, 3.8) is 0 Å². The maximum absolute atomic E-state index is 13.4. The molecular weight excluding hydrogens is 348 g/mol. The van der Waals surface area contributed by atoms with Gasteiger partial charge in [-0.25, -0.2) is 4.79 Å². The van der Waals surface area contributed by atoms with Crippen LogP contribution in [0.15, 0.2) is 0 Å². The third kappa shape index (κ3) is 2.42. The average molecular weight is 380 g/mol. The largest absolute Gasteiger partial charge is 0.479 e. The predicted octanol–water partition coefficient (Wildman–Crippen LogP) is 1.75. The summed E-state index contributed by atoms with van der Waals surface area (Å²) in [5.74, 6) is -0.871. The van der Waals surface area contributed by atoms with E-state index in [4.69, 9.17) is 0 Å². The van der Waals surface area contributed by atoms with Crippen LogP contribution in [0.1, 0.15) is 65.2 Å². The summed E-state index contributed by atoms with van der Waals surface area (Å²) in [4.78, 5) is 24.8. The number of carbonyl (C=O) groups is 2. The monoisotopic (exact) mass is 380 g/mol. The fourth-order valence-corrected chi connectivity index (χ4v) is 7.74. The number of rotatable bonds is 2. The molecule has 4 rings (SSSR count). The minimum atomic E-state index is -1.87. The molecule has 0 aliphatic heterocycles. The standard InChI is InChI=1S/C21H32O6/c1-19-7-5-12(22)9-11(19)3-4-13-14-6-8-21(27,17(24)18(25)26)20(14,2)10-15(23)16(13)19/h11-14,16-17,22,24,27H,3-10H2,1-2H3,(H,25,26)/t11-,12-,13+,14-,16-,17+,19+,20+,21+/m1/s1. The summed E-state index contributed by atoms with van der Waals surface area (Å²) < 4.78 is 0. The minimum absolute atomic E-state index is 0.0452. The molecule has 0 saturated heterocycles. The first-order valence-electron chi connectivity index (χ1n) is 10.4. The zero-order chi connectivity index (χ0) is 19.8. The molecule has 0 unspecified atom stereocenters. The lowest BCUT2D eigenvalue weighted by atomic mass is 9.44. The second kappa shape index (κ2) is 6.01. The van der Waals surface area contributed by atoms with E-state index in [9.17, 15) is 30.0 Å². The van der Waals surface area contributed by atoms with Crippen molar-refractivity contribution in [3.05, 3.63) is 0 Å². The van der Waals surface area contributed by atoms with Gasteiger partial charge in [0, 0.05) is 17.8 Å². The first-order valence-corrected chi connectivity index (χ1v) is 10.4. The maximum Gasteiger partial charge on any atom is 0.335 e. The first-order chi connectivity index (χ1) is 12.5. The van der Waals surface area contributed by atoms with Gasteiger partial charge >= 0.3 is 5.97 Å². The normalized spacial score (nSPS) is 53.2. The number of ketones is 1. The van der Waals surface area contributed by atoms with E-state index in [1.54, 1.807) is 0 Å². The number of hydrogen-bond acceptors (Lipinski definition) is 5. The van der Waals surface area contributed by atoms with Gasteiger partial charge in [0.15, 0.2) is 6.10 Å². The highest BCUT2D eigenvalue weighted by molar-refractivity contribution is 5.85. The molecule has 4 aliphatic rings. The van der Waals surface area contributed by atoms with E-state index >= 15 is 0 Å². The van der Waals surface area contributed by atoms with Crippen LogP contribution in [0.4, 0.5) is 0 Å². The summed E-state index contributed by atoms with van der Waals surface area (Å²) in [6.45, 7) is 4.01. The van der Waals surface area contributed by atoms with Gasteiger partial charge in [-0.05, 0) is 68.1 Å². The number of fused-ring (bicyclic) bond motifs is 5. The van der Waals surface area contributed by atoms with E-state index in [0.29, 0.717) is 12.3 Å². The number of hydrogen-bond donors (Lipinski definition) is 4. The van der Waals surface area contributed by atoms with Crippen molar-refractivity contribution in [1.82, 2.24) is 0 Å². The molecule has 0 aromatic rings. The Bertz CT molecular complexity index is 663. The molecule has 0 heterocycles. The Hall–Kier alpha value is -0.980. The number of carboxylic acids is 1. The predicted molar refractivity (Wildman–Crippen MR) is 96.7 cm³/mol. The second-order valence-electron chi connectivity index (χ2n) is 10.2. The van der Waals surface area contributed by atoms with Crippen molar-refractivity contribution in [1.29, 1.82) is 0 Å². The zero-order valence-electron chi connectivity index (χ0n) is 16.2. The number of Topliss-reactive ketones (excluding diaryl/α,β-unsaturated/α-hetero) is 1. The van der Waals surface area contributed by atoms with Crippen molar-refractivity contribution < 1.29 is 30.0 Å². The molecule has 4 aliphatic carbocycles. The van der Waals surface area contributed by atoms with Crippen LogP contribution in [-0.4, -0.2) is 50.0 Å². The highest BCUT2D eigenvalue weighted by Gasteiger charge is 2.69. The smallest absolute Gasteiger partial charge is 0.335 e. The Morgan fingerprint density at radius 3 is 2.52 bits per heavy atom. The van der Waals surface area contributed by atoms with Crippen LogP contribution in [0.25, 0.3) is 0 Å². The van der Waals surface area contributed by atoms with Gasteiger partial charge in [0.25, 0.3) is 0 Å². The van der Waals surface area contributed by atoms with Gasteiger partial charge in [0.1, 0.15) is 11.4 Å². The minimum Gasteiger partial charge on any atom is -0.479 e. The van der Waals surface area contributed by atoms with Crippen molar-refractivity contribution in [3.8, 4) is 0 Å². The molecule has 4 saturated carbocycles. The van der Waals surface area contributed by atoms with E-state index < -0.39 is 23.1 Å². The lowest BCUT2D eigenvalue weighted by Gasteiger charge is -2.60. The van der Waals surface area contributed by atoms with Crippen molar-refractivity contribution in [2.75, 3.05) is 0 Å². The molecule has 9 atom stereocenters. The van der Waals surface area contributed by atoms with Crippen molar-refractivity contribution in [2.45, 2.75) is 83.0 Å². The van der Waals surface area contributed by atoms with Crippen LogP contribution in [0.5, 0.6) is 0 Å². The maximum atomic E-state index is 13.4. The second-order valence-corrected chi connectivity index (χ2v) is 10.2. The molecule has 4 fully saturated rings. The van der Waals surface area contributed by atoms with Crippen LogP contribution in [-0.2, 0) is 9.59 Å². The molecule has 152 valence electrons. The Morgan fingerprint density at radius 2 is 1.85 bits per heavy atom. The van der Waals surface area contributed by atoms with Gasteiger partial charge in [-0.15, -0.1) is 0 Å². The molecule has 6 heteroatoms. The Balaban J connectivity index is 1.70. The molecule has 27 heavy (non-hydrogen) atoms. The van der Waals surface area contributed by atoms with Gasteiger partial charge in [-0.1, -0.05) is 13.8 Å². The molecular formula is C21H32O6. The molecule has 0 aromatic carbocycles. The third-order valence-electron chi connectivity index (χ3n) is 9.23. The summed E-state index contributed by atoms with van der Waals surface area (Å²) in [5, 5.41) is 40.9. The SMILES string of the molecule is C[C@]12CC[C@@H](O)C[C@H]1CC[C@H]1[C@H]3CC[C@](O)([C@@H](O)C(=O)O)[C@@]3(C)CC(=O)[C@@H]12. The highest BCUT2D eigenvalue weighted by Crippen LogP contribution is 2.67. The summed E-state index contributed by atoms with van der Waals surface area (Å²) in [7, 11) is 0. The lowest BCUT2D eigenvalue weighted by Crippen LogP contribution is -2.63. The summed E-state index contributed by atoms with van der Waals surface area (Å²) in [5.41, 5.74) is -2.78. The molecule has 0 amide bonds. The molecule has 4 N–H and O–H groups in total. The Morgan fingerprint density at radius 1 is 1.15 bits per heavy atom. The van der Waals surface area contributed by atoms with E-state index in [1.807, 2.05) is 6.92 Å². The van der Waals surface area contributed by atoms with Crippen molar-refractivity contribution in [2.24, 2.45) is 34.5 Å². The van der Waals surface area contributed by atoms with Gasteiger partial charge in [-0.2, -0.15) is 0 Å². The third-order valence-corrected chi connectivity index (χ3v) is 9.23. The summed E-state index contributed by atoms with van der Waals surface area (Å²) >= 11 is 0. The van der Waals surface area contributed by atoms with E-state index in [0.717, 1.165) is 32.1 Å². The van der Waals surface area contributed by atoms with Crippen molar-refractivity contribution >= 4 is 11.8 Å². The van der Waals surface area contributed by atoms with E-state index in [1.165, 1.54) is 0 Å². The summed E-state index contributed by atoms with van der Waals surface area (Å²) in [6, 6.07) is 0. The number of carboxylic acid groups (broad SMARTS) is 1. The van der Waals surface area contributed by atoms with Gasteiger partial charge in [-0.3, -0.25) is 4.79 Å². The molecule has 0 radical (unpaired) electrons. The quantitative estimate of drug-likeness (QED) is 0.580. The van der Waals surface area contributed by atoms with E-state index in [2.05, 4.69) is 6.92 Å². The van der Waals surface area contributed by atoms with Crippen LogP contribution in [0.2, 0.25) is 0 Å². The molecule has 0 bridgehead atoms. The fourth-order valence-electron chi connectivity index (χ4n) is 7.74. The van der Waals surface area contributed by atoms with E-state index in [-0.39, 0.29) is 47.9 Å². The fraction of sp³-hybridized carbons (Fsp3) is 0.905. The van der Waals surface area contributed by atoms with Crippen LogP contribution in [0, 0.1) is 34.5 Å². The van der Waals surface area contributed by atoms with Gasteiger partial charge in [0.2, 0.25) is 0 Å². The van der Waals surface area contributed by atoms with Crippen LogP contribution in [0.3, 0.4) is 0 Å². The molecule has 6 nitrogen and oxygen atoms in total. The Labute approximate surface area is 160 Å². The lowest BCUT2D eigenvalue weighted by molar-refractivity contribution is -0.201. The number of carbonyl (C=O) groups excluding carboxylic acids is 1. The zero-order valence-corrected chi connectivity index (χ0v) is 16.2. The number of aliphatic hydroxyl groups is 3. The topological polar surface area (TPSA) is 115 Å².